The summed E-state index contributed by atoms with van der Waals surface area (Å²) >= 11 is 4.86. The second kappa shape index (κ2) is 10.2. The van der Waals surface area contributed by atoms with Gasteiger partial charge in [0.05, 0.1) is 17.5 Å². The average molecular weight is 539 g/mol. The number of imide groups is 1. The van der Waals surface area contributed by atoms with Gasteiger partial charge in [-0.3, -0.25) is 29.6 Å². The number of hydrogen-bond donors (Lipinski definition) is 2. The van der Waals surface area contributed by atoms with E-state index >= 15 is 0 Å². The zero-order chi connectivity index (χ0) is 26.5. The molecule has 2 amide bonds. The van der Waals surface area contributed by atoms with Crippen LogP contribution in [0, 0.1) is 0 Å². The van der Waals surface area contributed by atoms with Crippen molar-refractivity contribution in [2.24, 2.45) is 0 Å². The van der Waals surface area contributed by atoms with Crippen LogP contribution in [0.15, 0.2) is 78.9 Å². The van der Waals surface area contributed by atoms with E-state index in [0.29, 0.717) is 31.5 Å². The van der Waals surface area contributed by atoms with Crippen LogP contribution in [0.3, 0.4) is 0 Å². The quantitative estimate of drug-likeness (QED) is 0.363. The maximum Gasteiger partial charge on any atom is 0.243 e. The highest BCUT2D eigenvalue weighted by Gasteiger charge is 2.46. The normalized spacial score (nSPS) is 27.3. The summed E-state index contributed by atoms with van der Waals surface area (Å²) in [6.45, 7) is 3.78. The number of hydrogen-bond acceptors (Lipinski definition) is 6. The summed E-state index contributed by atoms with van der Waals surface area (Å²) in [5.74, 6) is -0.371. The van der Waals surface area contributed by atoms with Crippen LogP contribution in [-0.4, -0.2) is 57.7 Å². The Kier molecular flexibility index (Phi) is 6.55. The first-order valence-corrected chi connectivity index (χ1v) is 14.6. The number of nitrogens with one attached hydrogen (secondary N) is 1. The molecule has 8 rings (SSSR count). The molecule has 0 aromatic heterocycles. The van der Waals surface area contributed by atoms with Gasteiger partial charge in [-0.2, -0.15) is 12.6 Å². The fourth-order valence-corrected chi connectivity index (χ4v) is 7.67. The number of nitrogens with zero attached hydrogens (tertiary/aromatic N) is 3. The van der Waals surface area contributed by atoms with E-state index in [1.54, 1.807) is 0 Å². The van der Waals surface area contributed by atoms with Crippen molar-refractivity contribution in [1.29, 1.82) is 0 Å². The van der Waals surface area contributed by atoms with Gasteiger partial charge >= 0.3 is 0 Å². The van der Waals surface area contributed by atoms with Crippen LogP contribution >= 0.6 is 12.6 Å². The Morgan fingerprint density at radius 1 is 0.897 bits per heavy atom. The van der Waals surface area contributed by atoms with Crippen LogP contribution < -0.4 is 5.32 Å². The fraction of sp³-hybridized carbons (Fsp3) is 0.375. The highest BCUT2D eigenvalue weighted by atomic mass is 32.1. The van der Waals surface area contributed by atoms with E-state index in [2.05, 4.69) is 98.9 Å². The van der Waals surface area contributed by atoms with Gasteiger partial charge in [-0.15, -0.1) is 0 Å². The van der Waals surface area contributed by atoms with Crippen molar-refractivity contribution in [3.63, 3.8) is 0 Å². The van der Waals surface area contributed by atoms with E-state index in [1.165, 1.54) is 34.2 Å². The van der Waals surface area contributed by atoms with E-state index in [9.17, 15) is 9.59 Å². The van der Waals surface area contributed by atoms with Gasteiger partial charge in [-0.05, 0) is 40.7 Å². The SMILES string of the molecule is O=C1CCC(N2Cc3cc(CN4C5CC4CN(C(c4ccccc4)c4ccccc4)C5)ccc3C2S)C(=O)N1. The molecule has 200 valence electrons. The van der Waals surface area contributed by atoms with Gasteiger partial charge in [0.1, 0.15) is 0 Å². The molecule has 3 aromatic rings. The fourth-order valence-electron chi connectivity index (χ4n) is 7.17. The molecule has 6 nitrogen and oxygen atoms in total. The summed E-state index contributed by atoms with van der Waals surface area (Å²) in [7, 11) is 0. The van der Waals surface area contributed by atoms with E-state index in [1.807, 2.05) is 0 Å². The van der Waals surface area contributed by atoms with Gasteiger partial charge in [0.15, 0.2) is 0 Å². The monoisotopic (exact) mass is 538 g/mol. The largest absolute Gasteiger partial charge is 0.295 e. The molecule has 4 fully saturated rings. The Bertz CT molecular complexity index is 1330. The lowest BCUT2D eigenvalue weighted by Crippen LogP contribution is -2.68. The molecule has 5 aliphatic heterocycles. The summed E-state index contributed by atoms with van der Waals surface area (Å²) in [6, 6.07) is 29.6. The van der Waals surface area contributed by atoms with Crippen molar-refractivity contribution in [2.45, 2.75) is 61.9 Å². The van der Waals surface area contributed by atoms with Gasteiger partial charge in [-0.25, -0.2) is 0 Å². The topological polar surface area (TPSA) is 55.9 Å². The minimum Gasteiger partial charge on any atom is -0.295 e. The zero-order valence-corrected chi connectivity index (χ0v) is 22.8. The van der Waals surface area contributed by atoms with Crippen LogP contribution in [0.5, 0.6) is 0 Å². The summed E-state index contributed by atoms with van der Waals surface area (Å²) in [5.41, 5.74) is 6.47. The Morgan fingerprint density at radius 3 is 2.21 bits per heavy atom. The minimum atomic E-state index is -0.302. The van der Waals surface area contributed by atoms with Crippen LogP contribution in [-0.2, 0) is 22.7 Å². The molecule has 0 spiro atoms. The first-order valence-electron chi connectivity index (χ1n) is 14.0. The third-order valence-electron chi connectivity index (χ3n) is 9.10. The summed E-state index contributed by atoms with van der Waals surface area (Å²) in [4.78, 5) is 31.6. The second-order valence-electron chi connectivity index (χ2n) is 11.4. The van der Waals surface area contributed by atoms with E-state index < -0.39 is 0 Å². The van der Waals surface area contributed by atoms with Crippen LogP contribution in [0.4, 0.5) is 0 Å². The Labute approximate surface area is 235 Å². The maximum atomic E-state index is 12.5. The first kappa shape index (κ1) is 25.0. The maximum absolute atomic E-state index is 12.5. The number of piperazine rings is 1. The number of rotatable bonds is 6. The molecular formula is C32H34N4O2S. The number of thiol groups is 1. The zero-order valence-electron chi connectivity index (χ0n) is 21.9. The third-order valence-corrected chi connectivity index (χ3v) is 9.67. The molecule has 4 atom stereocenters. The molecule has 4 saturated heterocycles. The van der Waals surface area contributed by atoms with Crippen molar-refractivity contribution in [2.75, 3.05) is 13.1 Å². The number of carbonyl (C=O) groups excluding carboxylic acids is 2. The van der Waals surface area contributed by atoms with Gasteiger partial charge < -0.3 is 0 Å². The summed E-state index contributed by atoms with van der Waals surface area (Å²) < 4.78 is 0. The Balaban J connectivity index is 1.04. The third kappa shape index (κ3) is 4.61. The average Bonchev–Trinajstić information content (AvgIpc) is 3.28. The predicted octanol–water partition coefficient (Wildman–Crippen LogP) is 4.28. The molecule has 5 aliphatic rings. The lowest BCUT2D eigenvalue weighted by molar-refractivity contribution is -0.137. The number of benzene rings is 3. The Morgan fingerprint density at radius 2 is 1.56 bits per heavy atom. The van der Waals surface area contributed by atoms with Gasteiger partial charge in [0.2, 0.25) is 11.8 Å². The molecule has 4 unspecified atom stereocenters. The molecule has 2 bridgehead atoms. The first-order chi connectivity index (χ1) is 19.0. The van der Waals surface area contributed by atoms with Crippen LogP contribution in [0.1, 0.15) is 58.5 Å². The summed E-state index contributed by atoms with van der Waals surface area (Å²) in [6.07, 6.45) is 2.21. The molecule has 0 radical (unpaired) electrons. The molecular weight excluding hydrogens is 504 g/mol. The highest BCUT2D eigenvalue weighted by Crippen LogP contribution is 2.42. The number of carbonyl (C=O) groups is 2. The smallest absolute Gasteiger partial charge is 0.243 e. The van der Waals surface area contributed by atoms with Crippen molar-refractivity contribution < 1.29 is 9.59 Å². The molecule has 7 heteroatoms. The van der Waals surface area contributed by atoms with Crippen molar-refractivity contribution >= 4 is 24.4 Å². The lowest BCUT2D eigenvalue weighted by Gasteiger charge is -2.58. The molecule has 1 N–H and O–H groups in total. The number of fused-ring (bicyclic) bond motifs is 3. The second-order valence-corrected chi connectivity index (χ2v) is 11.9. The van der Waals surface area contributed by atoms with Gasteiger partial charge in [-0.1, -0.05) is 78.9 Å². The standard InChI is InChI=1S/C32H34N4O2S/c37-29-14-13-28(31(38)33-29)36-18-24-15-21(11-12-27(24)32(36)39)17-35-25-16-26(35)20-34(19-25)30(22-7-3-1-4-8-22)23-9-5-2-6-10-23/h1-12,15,25-26,28,30,32,39H,13-14,16-20H2,(H,33,37,38). The number of amides is 2. The van der Waals surface area contributed by atoms with Crippen LogP contribution in [0.2, 0.25) is 0 Å². The van der Waals surface area contributed by atoms with E-state index in [-0.39, 0.29) is 29.3 Å². The molecule has 0 saturated carbocycles. The summed E-state index contributed by atoms with van der Waals surface area (Å²) in [5, 5.41) is 2.37. The van der Waals surface area contributed by atoms with Crippen molar-refractivity contribution in [3.8, 4) is 0 Å². The van der Waals surface area contributed by atoms with Gasteiger partial charge in [0.25, 0.3) is 0 Å². The minimum absolute atomic E-state index is 0.122. The Hall–Kier alpha value is -2.97. The van der Waals surface area contributed by atoms with Gasteiger partial charge in [0, 0.05) is 44.7 Å². The predicted molar refractivity (Wildman–Crippen MR) is 154 cm³/mol. The lowest BCUT2D eigenvalue weighted by atomic mass is 9.84. The van der Waals surface area contributed by atoms with Crippen molar-refractivity contribution in [3.05, 3.63) is 107 Å². The number of piperidine rings is 2. The van der Waals surface area contributed by atoms with E-state index in [0.717, 1.165) is 19.6 Å². The molecule has 3 aromatic carbocycles. The molecule has 5 heterocycles. The van der Waals surface area contributed by atoms with Crippen molar-refractivity contribution in [1.82, 2.24) is 20.0 Å². The van der Waals surface area contributed by atoms with Crippen LogP contribution in [0.25, 0.3) is 0 Å². The van der Waals surface area contributed by atoms with E-state index in [4.69, 9.17) is 12.6 Å². The highest BCUT2D eigenvalue weighted by molar-refractivity contribution is 7.80. The molecule has 0 aliphatic carbocycles. The molecule has 39 heavy (non-hydrogen) atoms.